The number of aromatic nitrogens is 4. The number of nitrogens with one attached hydrogen (secondary N) is 1. The summed E-state index contributed by atoms with van der Waals surface area (Å²) in [4.78, 5) is 0. The molecule has 0 radical (unpaired) electrons. The summed E-state index contributed by atoms with van der Waals surface area (Å²) in [7, 11) is 0. The van der Waals surface area contributed by atoms with E-state index in [1.807, 2.05) is 30.3 Å². The minimum absolute atomic E-state index is 0. The van der Waals surface area contributed by atoms with Gasteiger partial charge in [0.15, 0.2) is 0 Å². The molecule has 8 heteroatoms. The second-order valence-corrected chi connectivity index (χ2v) is 7.19. The third-order valence-electron chi connectivity index (χ3n) is 3.41. The number of nitrogens with zero attached hydrogens (tertiary/aromatic N) is 4. The highest BCUT2D eigenvalue weighted by molar-refractivity contribution is 9.10. The lowest BCUT2D eigenvalue weighted by molar-refractivity contribution is 0.678. The van der Waals surface area contributed by atoms with Gasteiger partial charge in [0.1, 0.15) is 0 Å². The quantitative estimate of drug-likeness (QED) is 0.422. The van der Waals surface area contributed by atoms with Crippen molar-refractivity contribution in [1.82, 2.24) is 25.5 Å². The second-order valence-electron chi connectivity index (χ2n) is 5.21. The van der Waals surface area contributed by atoms with E-state index >= 15 is 0 Å². The Labute approximate surface area is 166 Å². The summed E-state index contributed by atoms with van der Waals surface area (Å²) < 4.78 is 2.89. The average Bonchev–Trinajstić information content (AvgIpc) is 3.09. The number of thioether (sulfide) groups is 1. The fraction of sp³-hybridized carbons (Fsp3) is 0.235. The van der Waals surface area contributed by atoms with Crippen LogP contribution in [-0.4, -0.2) is 32.5 Å². The maximum atomic E-state index is 4.11. The number of hydrogen-bond donors (Lipinski definition) is 1. The zero-order valence-corrected chi connectivity index (χ0v) is 16.7. The van der Waals surface area contributed by atoms with Gasteiger partial charge in [0, 0.05) is 16.8 Å². The number of rotatable bonds is 8. The predicted octanol–water partition coefficient (Wildman–Crippen LogP) is 4.12. The molecule has 3 aromatic rings. The summed E-state index contributed by atoms with van der Waals surface area (Å²) in [6.07, 6.45) is 1.06. The summed E-state index contributed by atoms with van der Waals surface area (Å²) >= 11 is 5.13. The molecule has 0 saturated heterocycles. The van der Waals surface area contributed by atoms with E-state index < -0.39 is 0 Å². The molecule has 0 aliphatic rings. The van der Waals surface area contributed by atoms with Crippen LogP contribution in [-0.2, 0) is 6.54 Å². The fourth-order valence-electron chi connectivity index (χ4n) is 2.20. The second kappa shape index (κ2) is 10.6. The minimum Gasteiger partial charge on any atom is -0.313 e. The molecule has 0 unspecified atom stereocenters. The van der Waals surface area contributed by atoms with Crippen LogP contribution in [0, 0.1) is 0 Å². The van der Waals surface area contributed by atoms with Crippen molar-refractivity contribution in [2.24, 2.45) is 0 Å². The van der Waals surface area contributed by atoms with E-state index in [4.69, 9.17) is 0 Å². The molecular weight excluding hydrogens is 422 g/mol. The van der Waals surface area contributed by atoms with E-state index in [0.29, 0.717) is 0 Å². The molecule has 0 saturated carbocycles. The third-order valence-corrected chi connectivity index (χ3v) is 4.95. The van der Waals surface area contributed by atoms with Crippen molar-refractivity contribution in [2.75, 3.05) is 12.3 Å². The Bertz CT molecular complexity index is 751. The van der Waals surface area contributed by atoms with Crippen LogP contribution in [0.2, 0.25) is 0 Å². The van der Waals surface area contributed by atoms with Gasteiger partial charge in [0.05, 0.1) is 5.69 Å². The summed E-state index contributed by atoms with van der Waals surface area (Å²) in [5, 5.41) is 16.2. The monoisotopic (exact) mass is 439 g/mol. The first kappa shape index (κ1) is 19.9. The van der Waals surface area contributed by atoms with Crippen LogP contribution < -0.4 is 5.32 Å². The first-order valence-electron chi connectivity index (χ1n) is 7.75. The summed E-state index contributed by atoms with van der Waals surface area (Å²) in [5.41, 5.74) is 2.28. The zero-order valence-electron chi connectivity index (χ0n) is 13.5. The van der Waals surface area contributed by atoms with E-state index in [1.54, 1.807) is 16.4 Å². The molecule has 1 heterocycles. The number of para-hydroxylation sites is 1. The highest BCUT2D eigenvalue weighted by atomic mass is 79.9. The molecular formula is C17H19BrClN5S. The summed E-state index contributed by atoms with van der Waals surface area (Å²) in [6, 6.07) is 18.3. The first-order chi connectivity index (χ1) is 11.8. The van der Waals surface area contributed by atoms with Gasteiger partial charge in [-0.3, -0.25) is 0 Å². The Morgan fingerprint density at radius 3 is 2.56 bits per heavy atom. The molecule has 1 N–H and O–H groups in total. The van der Waals surface area contributed by atoms with Gasteiger partial charge in [0.25, 0.3) is 0 Å². The summed E-state index contributed by atoms with van der Waals surface area (Å²) in [5.74, 6) is 0.973. The number of halogens is 2. The van der Waals surface area contributed by atoms with Crippen LogP contribution in [0.25, 0.3) is 5.69 Å². The predicted molar refractivity (Wildman–Crippen MR) is 108 cm³/mol. The molecule has 1 aromatic heterocycles. The standard InChI is InChI=1S/C17H18BrN5S.ClH/c18-15-9-7-14(8-10-15)13-19-11-4-12-24-17-20-21-22-23(17)16-5-2-1-3-6-16;/h1-3,5-10,19H,4,11-13H2;1H. The lowest BCUT2D eigenvalue weighted by Crippen LogP contribution is -2.15. The van der Waals surface area contributed by atoms with Crippen LogP contribution in [0.5, 0.6) is 0 Å². The maximum Gasteiger partial charge on any atom is 0.214 e. The van der Waals surface area contributed by atoms with Crippen molar-refractivity contribution >= 4 is 40.1 Å². The molecule has 0 aliphatic heterocycles. The minimum atomic E-state index is 0. The van der Waals surface area contributed by atoms with Gasteiger partial charge < -0.3 is 5.32 Å². The number of benzene rings is 2. The Morgan fingerprint density at radius 1 is 1.04 bits per heavy atom. The maximum absolute atomic E-state index is 4.11. The normalized spacial score (nSPS) is 10.4. The van der Waals surface area contributed by atoms with Gasteiger partial charge >= 0.3 is 0 Å². The van der Waals surface area contributed by atoms with Crippen molar-refractivity contribution in [3.8, 4) is 5.69 Å². The average molecular weight is 441 g/mol. The zero-order chi connectivity index (χ0) is 16.6. The summed E-state index contributed by atoms with van der Waals surface area (Å²) in [6.45, 7) is 1.86. The molecule has 0 bridgehead atoms. The van der Waals surface area contributed by atoms with Crippen molar-refractivity contribution in [3.63, 3.8) is 0 Å². The Morgan fingerprint density at radius 2 is 1.80 bits per heavy atom. The Hall–Kier alpha value is -1.41. The van der Waals surface area contributed by atoms with Crippen LogP contribution in [0.4, 0.5) is 0 Å². The third kappa shape index (κ3) is 6.11. The largest absolute Gasteiger partial charge is 0.313 e. The van der Waals surface area contributed by atoms with Gasteiger partial charge in [-0.15, -0.1) is 17.5 Å². The molecule has 25 heavy (non-hydrogen) atoms. The van der Waals surface area contributed by atoms with E-state index in [1.165, 1.54) is 5.56 Å². The molecule has 0 spiro atoms. The lowest BCUT2D eigenvalue weighted by atomic mass is 10.2. The SMILES string of the molecule is Brc1ccc(CNCCCSc2nnnn2-c2ccccc2)cc1.Cl. The van der Waals surface area contributed by atoms with Crippen molar-refractivity contribution in [2.45, 2.75) is 18.1 Å². The topological polar surface area (TPSA) is 55.6 Å². The smallest absolute Gasteiger partial charge is 0.214 e. The number of hydrogen-bond acceptors (Lipinski definition) is 5. The van der Waals surface area contributed by atoms with Gasteiger partial charge in [0.2, 0.25) is 5.16 Å². The molecule has 0 fully saturated rings. The number of tetrazole rings is 1. The first-order valence-corrected chi connectivity index (χ1v) is 9.52. The van der Waals surface area contributed by atoms with E-state index in [-0.39, 0.29) is 12.4 Å². The Balaban J connectivity index is 0.00000225. The van der Waals surface area contributed by atoms with Crippen molar-refractivity contribution in [1.29, 1.82) is 0 Å². The van der Waals surface area contributed by atoms with Crippen LogP contribution in [0.1, 0.15) is 12.0 Å². The van der Waals surface area contributed by atoms with Crippen molar-refractivity contribution in [3.05, 3.63) is 64.6 Å². The molecule has 3 rings (SSSR count). The van der Waals surface area contributed by atoms with Crippen LogP contribution >= 0.6 is 40.1 Å². The van der Waals surface area contributed by atoms with Gasteiger partial charge in [-0.05, 0) is 53.2 Å². The van der Waals surface area contributed by atoms with E-state index in [0.717, 1.165) is 40.6 Å². The van der Waals surface area contributed by atoms with E-state index in [2.05, 4.69) is 61.0 Å². The fourth-order valence-corrected chi connectivity index (χ4v) is 3.29. The highest BCUT2D eigenvalue weighted by Gasteiger charge is 2.07. The Kier molecular flexibility index (Phi) is 8.40. The van der Waals surface area contributed by atoms with Gasteiger partial charge in [-0.25, -0.2) is 0 Å². The van der Waals surface area contributed by atoms with Crippen LogP contribution in [0.3, 0.4) is 0 Å². The van der Waals surface area contributed by atoms with Gasteiger partial charge in [-0.2, -0.15) is 4.68 Å². The van der Waals surface area contributed by atoms with Crippen molar-refractivity contribution < 1.29 is 0 Å². The lowest BCUT2D eigenvalue weighted by Gasteiger charge is -2.06. The highest BCUT2D eigenvalue weighted by Crippen LogP contribution is 2.18. The molecule has 0 aliphatic carbocycles. The van der Waals surface area contributed by atoms with Gasteiger partial charge in [-0.1, -0.05) is 58.0 Å². The molecule has 2 aromatic carbocycles. The molecule has 132 valence electrons. The molecule has 0 atom stereocenters. The molecule has 0 amide bonds. The van der Waals surface area contributed by atoms with E-state index in [9.17, 15) is 0 Å². The molecule has 5 nitrogen and oxygen atoms in total. The van der Waals surface area contributed by atoms with Crippen LogP contribution in [0.15, 0.2) is 64.2 Å².